The molecule has 4 heterocycles. The van der Waals surface area contributed by atoms with Gasteiger partial charge in [-0.3, -0.25) is 9.98 Å². The summed E-state index contributed by atoms with van der Waals surface area (Å²) in [4.78, 5) is 23.1. The normalized spacial score (nSPS) is 27.7. The molecule has 5 atom stereocenters. The van der Waals surface area contributed by atoms with Gasteiger partial charge in [0.05, 0.1) is 37.1 Å². The third-order valence-corrected chi connectivity index (χ3v) is 9.57. The van der Waals surface area contributed by atoms with Crippen LogP contribution in [0.4, 0.5) is 23.7 Å². The Labute approximate surface area is 257 Å². The van der Waals surface area contributed by atoms with Gasteiger partial charge in [-0.25, -0.2) is 4.79 Å². The summed E-state index contributed by atoms with van der Waals surface area (Å²) in [5.74, 6) is 1.48. The van der Waals surface area contributed by atoms with Gasteiger partial charge in [-0.1, -0.05) is 19.1 Å². The van der Waals surface area contributed by atoms with Gasteiger partial charge < -0.3 is 19.7 Å². The standard InChI is InChI=1S/C34H43F3N4O3/c1-21-10-23(27-13-29(27)39-15-21)14-33(19-43-20-33)25-6-5-7-26(12-25)38-17-30-28(34(35,36)37)11-24(16-40-30)22-8-9-41(18-22)31(42)44-32(2,3)4/h5-7,11-12,15-16,21-23,27,29,38H,8-10,13-14,17-20H2,1-4H3/t21?,22?,23?,27-,29-/m1/s1. The van der Waals surface area contributed by atoms with Crippen molar-refractivity contribution in [2.24, 2.45) is 22.7 Å². The molecule has 238 valence electrons. The average Bonchev–Trinajstić information content (AvgIpc) is 3.57. The molecule has 1 aromatic carbocycles. The molecule has 7 nitrogen and oxygen atoms in total. The van der Waals surface area contributed by atoms with Crippen LogP contribution in [0.5, 0.6) is 0 Å². The van der Waals surface area contributed by atoms with E-state index in [0.29, 0.717) is 62.1 Å². The lowest BCUT2D eigenvalue weighted by atomic mass is 9.69. The summed E-state index contributed by atoms with van der Waals surface area (Å²) in [7, 11) is 0. The second-order valence-corrected chi connectivity index (χ2v) is 14.3. The van der Waals surface area contributed by atoms with Crippen LogP contribution < -0.4 is 5.32 Å². The maximum Gasteiger partial charge on any atom is 0.418 e. The zero-order valence-electron chi connectivity index (χ0n) is 26.0. The molecule has 1 aromatic heterocycles. The van der Waals surface area contributed by atoms with Crippen LogP contribution in [-0.2, 0) is 27.6 Å². The number of fused-ring (bicyclic) bond motifs is 1. The summed E-state index contributed by atoms with van der Waals surface area (Å²) in [6.07, 6.45) is 2.54. The molecule has 0 bridgehead atoms. The number of nitrogens with zero attached hydrogens (tertiary/aromatic N) is 3. The Morgan fingerprint density at radius 2 is 1.98 bits per heavy atom. The molecule has 6 rings (SSSR count). The summed E-state index contributed by atoms with van der Waals surface area (Å²) < 4.78 is 53.9. The first-order valence-electron chi connectivity index (χ1n) is 15.8. The van der Waals surface area contributed by atoms with E-state index >= 15 is 0 Å². The molecular weight excluding hydrogens is 569 g/mol. The van der Waals surface area contributed by atoms with Gasteiger partial charge in [0.1, 0.15) is 5.60 Å². The van der Waals surface area contributed by atoms with Crippen LogP contribution in [0.2, 0.25) is 0 Å². The first-order valence-corrected chi connectivity index (χ1v) is 15.8. The number of nitrogens with one attached hydrogen (secondary N) is 1. The predicted molar refractivity (Wildman–Crippen MR) is 163 cm³/mol. The van der Waals surface area contributed by atoms with Crippen molar-refractivity contribution in [3.05, 3.63) is 58.9 Å². The van der Waals surface area contributed by atoms with Crippen molar-refractivity contribution in [1.82, 2.24) is 9.88 Å². The number of carbonyl (C=O) groups excluding carboxylic acids is 1. The summed E-state index contributed by atoms with van der Waals surface area (Å²) in [6, 6.07) is 9.71. The van der Waals surface area contributed by atoms with Crippen molar-refractivity contribution in [3.8, 4) is 0 Å². The lowest BCUT2D eigenvalue weighted by Gasteiger charge is -2.44. The summed E-state index contributed by atoms with van der Waals surface area (Å²) in [5.41, 5.74) is 0.897. The predicted octanol–water partition coefficient (Wildman–Crippen LogP) is 7.21. The number of alkyl halides is 3. The highest BCUT2D eigenvalue weighted by Gasteiger charge is 2.50. The molecule has 0 spiro atoms. The van der Waals surface area contributed by atoms with Crippen molar-refractivity contribution in [2.45, 2.75) is 89.1 Å². The van der Waals surface area contributed by atoms with Crippen molar-refractivity contribution >= 4 is 18.0 Å². The third kappa shape index (κ3) is 6.75. The summed E-state index contributed by atoms with van der Waals surface area (Å²) >= 11 is 0. The van der Waals surface area contributed by atoms with Gasteiger partial charge in [-0.15, -0.1) is 0 Å². The van der Waals surface area contributed by atoms with Gasteiger partial charge in [0.2, 0.25) is 0 Å². The van der Waals surface area contributed by atoms with Crippen molar-refractivity contribution in [2.75, 3.05) is 31.6 Å². The number of hydrogen-bond acceptors (Lipinski definition) is 6. The molecule has 3 aliphatic heterocycles. The van der Waals surface area contributed by atoms with E-state index in [-0.39, 0.29) is 23.6 Å². The maximum atomic E-state index is 14.2. The molecular formula is C34H43F3N4O3. The molecule has 1 N–H and O–H groups in total. The smallest absolute Gasteiger partial charge is 0.418 e. The zero-order chi connectivity index (χ0) is 31.3. The Morgan fingerprint density at radius 1 is 1.18 bits per heavy atom. The van der Waals surface area contributed by atoms with E-state index < -0.39 is 23.4 Å². The fourth-order valence-electron chi connectivity index (χ4n) is 7.12. The van der Waals surface area contributed by atoms with Crippen LogP contribution in [0, 0.1) is 17.8 Å². The lowest BCUT2D eigenvalue weighted by molar-refractivity contribution is -0.138. The summed E-state index contributed by atoms with van der Waals surface area (Å²) in [6.45, 7) is 9.60. The maximum absolute atomic E-state index is 14.2. The molecule has 3 fully saturated rings. The van der Waals surface area contributed by atoms with E-state index in [9.17, 15) is 18.0 Å². The van der Waals surface area contributed by atoms with Crippen molar-refractivity contribution < 1.29 is 27.4 Å². The van der Waals surface area contributed by atoms with Crippen LogP contribution in [0.3, 0.4) is 0 Å². The third-order valence-electron chi connectivity index (χ3n) is 9.57. The minimum atomic E-state index is -4.56. The number of carbonyl (C=O) groups is 1. The monoisotopic (exact) mass is 612 g/mol. The Bertz CT molecular complexity index is 1400. The number of benzene rings is 1. The van der Waals surface area contributed by atoms with Gasteiger partial charge in [-0.05, 0) is 93.5 Å². The van der Waals surface area contributed by atoms with Crippen LogP contribution in [0.15, 0.2) is 41.5 Å². The second kappa shape index (κ2) is 11.7. The fraction of sp³-hybridized carbons (Fsp3) is 0.618. The fourth-order valence-corrected chi connectivity index (χ4v) is 7.12. The van der Waals surface area contributed by atoms with E-state index in [0.717, 1.165) is 18.5 Å². The molecule has 2 saturated heterocycles. The average molecular weight is 613 g/mol. The van der Waals surface area contributed by atoms with Gasteiger partial charge in [0.25, 0.3) is 0 Å². The second-order valence-electron chi connectivity index (χ2n) is 14.3. The Balaban J connectivity index is 1.14. The molecule has 4 aliphatic rings. The topological polar surface area (TPSA) is 76.1 Å². The van der Waals surface area contributed by atoms with Crippen LogP contribution in [-0.4, -0.2) is 60.1 Å². The molecule has 1 aliphatic carbocycles. The number of ether oxygens (including phenoxy) is 2. The Morgan fingerprint density at radius 3 is 2.68 bits per heavy atom. The first-order chi connectivity index (χ1) is 20.8. The zero-order valence-corrected chi connectivity index (χ0v) is 26.0. The summed E-state index contributed by atoms with van der Waals surface area (Å²) in [5, 5.41) is 3.21. The van der Waals surface area contributed by atoms with E-state index in [1.54, 1.807) is 25.7 Å². The van der Waals surface area contributed by atoms with Crippen LogP contribution in [0.25, 0.3) is 0 Å². The lowest BCUT2D eigenvalue weighted by Crippen LogP contribution is -2.48. The highest BCUT2D eigenvalue weighted by molar-refractivity contribution is 5.68. The number of rotatable bonds is 7. The molecule has 1 amide bonds. The Kier molecular flexibility index (Phi) is 8.18. The van der Waals surface area contributed by atoms with Crippen LogP contribution >= 0.6 is 0 Å². The number of halogens is 3. The minimum absolute atomic E-state index is 0.0532. The molecule has 0 radical (unpaired) electrons. The van der Waals surface area contributed by atoms with Crippen molar-refractivity contribution in [3.63, 3.8) is 0 Å². The number of aliphatic imine (C=N–C) groups is 1. The van der Waals surface area contributed by atoms with Gasteiger partial charge >= 0.3 is 12.3 Å². The van der Waals surface area contributed by atoms with E-state index in [2.05, 4.69) is 35.6 Å². The largest absolute Gasteiger partial charge is 0.444 e. The number of pyridine rings is 1. The van der Waals surface area contributed by atoms with Gasteiger partial charge in [0, 0.05) is 42.5 Å². The van der Waals surface area contributed by atoms with Crippen LogP contribution in [0.1, 0.15) is 81.7 Å². The van der Waals surface area contributed by atoms with E-state index in [1.165, 1.54) is 24.2 Å². The van der Waals surface area contributed by atoms with Crippen molar-refractivity contribution in [1.29, 1.82) is 0 Å². The molecule has 3 unspecified atom stereocenters. The number of anilines is 1. The SMILES string of the molecule is CC1C=N[C@@H]2C[C@@H]2C(CC2(c3cccc(NCc4ncc(C5CCN(C(=O)OC(C)(C)C)C5)cc4C(F)(F)F)c3)COC2)C1. The molecule has 2 aromatic rings. The number of hydrogen-bond donors (Lipinski definition) is 1. The molecule has 44 heavy (non-hydrogen) atoms. The quantitative estimate of drug-likeness (QED) is 0.358. The Hall–Kier alpha value is -3.14. The van der Waals surface area contributed by atoms with Gasteiger partial charge in [-0.2, -0.15) is 13.2 Å². The number of likely N-dealkylation sites (tertiary alicyclic amines) is 1. The number of aromatic nitrogens is 1. The molecule has 1 saturated carbocycles. The van der Waals surface area contributed by atoms with E-state index in [4.69, 9.17) is 14.5 Å². The highest BCUT2D eigenvalue weighted by Crippen LogP contribution is 2.51. The first kappa shape index (κ1) is 30.9. The van der Waals surface area contributed by atoms with Gasteiger partial charge in [0.15, 0.2) is 0 Å². The number of amides is 1. The minimum Gasteiger partial charge on any atom is -0.444 e. The molecule has 10 heteroatoms. The highest BCUT2D eigenvalue weighted by atomic mass is 19.4. The van der Waals surface area contributed by atoms with E-state index in [1.807, 2.05) is 12.1 Å².